The fourth-order valence-electron chi connectivity index (χ4n) is 0.760. The Balaban J connectivity index is -0.0000000356. The van der Waals surface area contributed by atoms with Gasteiger partial charge in [0.15, 0.2) is 0 Å². The van der Waals surface area contributed by atoms with Crippen molar-refractivity contribution in [1.29, 1.82) is 0 Å². The second kappa shape index (κ2) is 50.0. The molecule has 3 radical (unpaired) electrons. The first kappa shape index (κ1) is 37.4. The van der Waals surface area contributed by atoms with E-state index in [-0.39, 0.29) is 98.1 Å². The van der Waals surface area contributed by atoms with Crippen LogP contribution in [0.3, 0.4) is 0 Å². The van der Waals surface area contributed by atoms with Crippen LogP contribution in [0.2, 0.25) is 0 Å². The Morgan fingerprint density at radius 2 is 0.556 bits per heavy atom. The molecule has 0 aromatic carbocycles. The maximum atomic E-state index is 4.20. The molecule has 3 nitrogen and oxygen atoms in total. The van der Waals surface area contributed by atoms with Crippen LogP contribution in [-0.2, 0) is 98.1 Å². The normalized spacial score (nSPS) is 13.0. The van der Waals surface area contributed by atoms with Crippen molar-refractivity contribution in [3.8, 4) is 0 Å². The molecule has 1 heterocycles. The molecule has 1 rings (SSSR count). The van der Waals surface area contributed by atoms with Crippen LogP contribution >= 0.6 is 0 Å². The van der Waals surface area contributed by atoms with E-state index in [2.05, 4.69) is 36.7 Å². The van der Waals surface area contributed by atoms with Crippen molar-refractivity contribution >= 4 is 0 Å². The van der Waals surface area contributed by atoms with E-state index in [1.165, 1.54) is 0 Å². The first-order valence-corrected chi connectivity index (χ1v) is 5.52. The van der Waals surface area contributed by atoms with Gasteiger partial charge in [0.1, 0.15) is 0 Å². The van der Waals surface area contributed by atoms with Gasteiger partial charge in [-0.1, -0.05) is 0 Å². The standard InChI is InChI=1S/C6H12N3.3C2H5.3Y/c1-2-8-5-6-9-4-3-7-1;3*1-2;;;/h1-6H2;3*1H2,2H3;;;/q-3;3*-1;;;. The van der Waals surface area contributed by atoms with Gasteiger partial charge in [-0.05, 0) is 0 Å². The molecule has 1 fully saturated rings. The van der Waals surface area contributed by atoms with E-state index in [9.17, 15) is 0 Å². The SMILES string of the molecule is C1C[N-]CC[N-]CC[N-]1.[CH2-]C.[CH2-]C.[CH2-]C.[Y].[Y].[Y]. The van der Waals surface area contributed by atoms with Crippen molar-refractivity contribution in [2.75, 3.05) is 39.3 Å². The third-order valence-electron chi connectivity index (χ3n) is 1.25. The summed E-state index contributed by atoms with van der Waals surface area (Å²) in [6.07, 6.45) is 0. The number of nitrogens with zero attached hydrogens (tertiary/aromatic N) is 3. The number of hydrogen-bond acceptors (Lipinski definition) is 0. The number of rotatable bonds is 0. The molecule has 0 aromatic heterocycles. The van der Waals surface area contributed by atoms with E-state index in [1.807, 2.05) is 0 Å². The molecule has 6 heteroatoms. The summed E-state index contributed by atoms with van der Waals surface area (Å²) in [6.45, 7) is 20.4. The summed E-state index contributed by atoms with van der Waals surface area (Å²) in [5, 5.41) is 12.6. The molecule has 0 amide bonds. The largest absolute Gasteiger partial charge is 0.665 e. The van der Waals surface area contributed by atoms with Crippen LogP contribution in [0.5, 0.6) is 0 Å². The van der Waals surface area contributed by atoms with Crippen LogP contribution in [0.15, 0.2) is 0 Å². The van der Waals surface area contributed by atoms with Crippen molar-refractivity contribution in [2.45, 2.75) is 20.8 Å². The molecule has 1 saturated heterocycles. The van der Waals surface area contributed by atoms with E-state index >= 15 is 0 Å². The minimum absolute atomic E-state index is 0. The van der Waals surface area contributed by atoms with Gasteiger partial charge in [-0.3, -0.25) is 0 Å². The Labute approximate surface area is 192 Å². The first-order valence-electron chi connectivity index (χ1n) is 5.52. The molecule has 0 bridgehead atoms. The second-order valence-corrected chi connectivity index (χ2v) is 2.01. The summed E-state index contributed by atoms with van der Waals surface area (Å²) in [5.41, 5.74) is 0. The molecule has 0 spiro atoms. The molecule has 0 aliphatic carbocycles. The zero-order valence-corrected chi connectivity index (χ0v) is 21.0. The zero-order chi connectivity index (χ0) is 12.4. The Morgan fingerprint density at radius 1 is 0.444 bits per heavy atom. The smallest absolute Gasteiger partial charge is 0 e. The average molecular weight is 480 g/mol. The summed E-state index contributed by atoms with van der Waals surface area (Å²) >= 11 is 0. The molecule has 0 unspecified atom stereocenters. The van der Waals surface area contributed by atoms with E-state index < -0.39 is 0 Å². The van der Waals surface area contributed by atoms with Crippen molar-refractivity contribution in [3.05, 3.63) is 36.7 Å². The summed E-state index contributed by atoms with van der Waals surface area (Å²) in [5.74, 6) is 0. The van der Waals surface area contributed by atoms with Crippen LogP contribution < -0.4 is 0 Å². The van der Waals surface area contributed by atoms with E-state index in [0.717, 1.165) is 39.3 Å². The van der Waals surface area contributed by atoms with E-state index in [0.29, 0.717) is 0 Å². The monoisotopic (exact) mass is 480 g/mol. The minimum Gasteiger partial charge on any atom is -0.665 e. The van der Waals surface area contributed by atoms with Gasteiger partial charge in [0.2, 0.25) is 0 Å². The molecule has 0 atom stereocenters. The van der Waals surface area contributed by atoms with Crippen molar-refractivity contribution in [1.82, 2.24) is 0 Å². The van der Waals surface area contributed by atoms with Gasteiger partial charge in [-0.2, -0.15) is 60.0 Å². The van der Waals surface area contributed by atoms with Gasteiger partial charge in [0, 0.05) is 98.1 Å². The van der Waals surface area contributed by atoms with Crippen molar-refractivity contribution in [3.63, 3.8) is 0 Å². The van der Waals surface area contributed by atoms with Crippen LogP contribution in [0.4, 0.5) is 0 Å². The molecule has 18 heavy (non-hydrogen) atoms. The third kappa shape index (κ3) is 42.7. The van der Waals surface area contributed by atoms with Crippen LogP contribution in [-0.4, -0.2) is 39.3 Å². The van der Waals surface area contributed by atoms with Crippen LogP contribution in [0.25, 0.3) is 16.0 Å². The average Bonchev–Trinajstić information content (AvgIpc) is 2.52. The minimum atomic E-state index is 0. The molecular formula is C12H27N3Y3-6. The van der Waals surface area contributed by atoms with Gasteiger partial charge < -0.3 is 36.7 Å². The third-order valence-corrected chi connectivity index (χ3v) is 1.25. The fourth-order valence-corrected chi connectivity index (χ4v) is 0.760. The maximum Gasteiger partial charge on any atom is 0 e. The molecule has 105 valence electrons. The zero-order valence-electron chi connectivity index (χ0n) is 12.4. The van der Waals surface area contributed by atoms with E-state index in [1.54, 1.807) is 20.8 Å². The first-order chi connectivity index (χ1) is 7.50. The second-order valence-electron chi connectivity index (χ2n) is 2.01. The van der Waals surface area contributed by atoms with Gasteiger partial charge in [0.05, 0.1) is 0 Å². The Hall–Kier alpha value is 3.19. The molecule has 0 N–H and O–H groups in total. The van der Waals surface area contributed by atoms with Gasteiger partial charge >= 0.3 is 0 Å². The summed E-state index contributed by atoms with van der Waals surface area (Å²) in [4.78, 5) is 0. The molecule has 1 aliphatic heterocycles. The summed E-state index contributed by atoms with van der Waals surface area (Å²) in [7, 11) is 0. The molecular weight excluding hydrogens is 453 g/mol. The summed E-state index contributed by atoms with van der Waals surface area (Å²) < 4.78 is 0. The van der Waals surface area contributed by atoms with Crippen LogP contribution in [0.1, 0.15) is 20.8 Å². The van der Waals surface area contributed by atoms with Gasteiger partial charge in [-0.25, -0.2) is 0 Å². The molecule has 0 aromatic rings. The van der Waals surface area contributed by atoms with Crippen LogP contribution in [0, 0.1) is 20.8 Å². The Morgan fingerprint density at radius 3 is 0.667 bits per heavy atom. The van der Waals surface area contributed by atoms with Crippen molar-refractivity contribution in [2.24, 2.45) is 0 Å². The predicted molar refractivity (Wildman–Crippen MR) is 72.4 cm³/mol. The predicted octanol–water partition coefficient (Wildman–Crippen LogP) is 3.63. The number of hydrogen-bond donors (Lipinski definition) is 0. The van der Waals surface area contributed by atoms with E-state index in [4.69, 9.17) is 0 Å². The topological polar surface area (TPSA) is 42.3 Å². The van der Waals surface area contributed by atoms with Gasteiger partial charge in [0.25, 0.3) is 0 Å². The fraction of sp³-hybridized carbons (Fsp3) is 0.750. The molecule has 0 saturated carbocycles. The van der Waals surface area contributed by atoms with Gasteiger partial charge in [-0.15, -0.1) is 0 Å². The summed E-state index contributed by atoms with van der Waals surface area (Å²) in [6, 6.07) is 0. The Bertz CT molecular complexity index is 51.1. The quantitative estimate of drug-likeness (QED) is 0.476. The van der Waals surface area contributed by atoms with Crippen molar-refractivity contribution < 1.29 is 98.1 Å². The molecule has 1 aliphatic rings. The maximum absolute atomic E-state index is 4.20. The Kier molecular flexibility index (Phi) is 104.